The second-order valence-corrected chi connectivity index (χ2v) is 10.5. The fraction of sp³-hybridized carbons (Fsp3) is 0.156. The zero-order chi connectivity index (χ0) is 26.8. The van der Waals surface area contributed by atoms with Crippen LogP contribution in [0, 0.1) is 17.8 Å². The van der Waals surface area contributed by atoms with E-state index in [1.165, 1.54) is 4.90 Å². The predicted octanol–water partition coefficient (Wildman–Crippen LogP) is 6.02. The van der Waals surface area contributed by atoms with E-state index in [-0.39, 0.29) is 5.91 Å². The van der Waals surface area contributed by atoms with Gasteiger partial charge in [0, 0.05) is 16.5 Å². The highest BCUT2D eigenvalue weighted by atomic mass is 35.5. The van der Waals surface area contributed by atoms with Gasteiger partial charge in [-0.2, -0.15) is 0 Å². The molecule has 192 valence electrons. The molecule has 0 bridgehead atoms. The van der Waals surface area contributed by atoms with E-state index >= 15 is 0 Å². The minimum absolute atomic E-state index is 0.361. The molecule has 4 aromatic rings. The number of amides is 2. The Kier molecular flexibility index (Phi) is 5.35. The third-order valence-corrected chi connectivity index (χ3v) is 8.28. The first-order valence-corrected chi connectivity index (χ1v) is 13.1. The Hall–Kier alpha value is -4.42. The van der Waals surface area contributed by atoms with Gasteiger partial charge in [0.15, 0.2) is 0 Å². The van der Waals surface area contributed by atoms with Crippen LogP contribution in [0.1, 0.15) is 17.0 Å². The molecule has 2 amide bonds. The Morgan fingerprint density at radius 1 is 0.846 bits per heavy atom. The number of carbonyl (C=O) groups excluding carboxylic acids is 3. The maximum Gasteiger partial charge on any atom is 0.319 e. The Balaban J connectivity index is 1.46. The second-order valence-electron chi connectivity index (χ2n) is 10.0. The molecule has 4 aromatic carbocycles. The third kappa shape index (κ3) is 3.52. The fourth-order valence-electron chi connectivity index (χ4n) is 6.35. The monoisotopic (exact) mass is 535 g/mol. The number of nitrogens with zero attached hydrogens (tertiary/aromatic N) is 1. The van der Waals surface area contributed by atoms with E-state index in [1.807, 2.05) is 60.7 Å². The highest BCUT2D eigenvalue weighted by Crippen LogP contribution is 2.55. The number of ether oxygens (including phenoxy) is 2. The summed E-state index contributed by atoms with van der Waals surface area (Å²) in [5.41, 5.74) is 2.74. The summed E-state index contributed by atoms with van der Waals surface area (Å²) in [6.07, 6.45) is 1.99. The van der Waals surface area contributed by atoms with Gasteiger partial charge in [0.05, 0.1) is 30.6 Å². The van der Waals surface area contributed by atoms with Crippen LogP contribution in [0.2, 0.25) is 5.02 Å². The normalized spacial score (nSPS) is 23.6. The third-order valence-electron chi connectivity index (χ3n) is 8.05. The summed E-state index contributed by atoms with van der Waals surface area (Å²) < 4.78 is 11.2. The van der Waals surface area contributed by atoms with Crippen molar-refractivity contribution in [3.63, 3.8) is 0 Å². The van der Waals surface area contributed by atoms with Crippen molar-refractivity contribution in [2.24, 2.45) is 17.8 Å². The van der Waals surface area contributed by atoms with Crippen molar-refractivity contribution in [3.8, 4) is 11.5 Å². The predicted molar refractivity (Wildman–Crippen MR) is 148 cm³/mol. The maximum absolute atomic E-state index is 14.1. The van der Waals surface area contributed by atoms with Crippen molar-refractivity contribution < 1.29 is 23.9 Å². The first-order chi connectivity index (χ1) is 19.0. The molecule has 0 radical (unpaired) electrons. The van der Waals surface area contributed by atoms with Gasteiger partial charge in [-0.1, -0.05) is 66.2 Å². The van der Waals surface area contributed by atoms with Crippen LogP contribution in [-0.4, -0.2) is 24.9 Å². The summed E-state index contributed by atoms with van der Waals surface area (Å²) in [5, 5.41) is 2.33. The Labute approximate surface area is 229 Å². The van der Waals surface area contributed by atoms with Gasteiger partial charge in [-0.05, 0) is 58.3 Å². The highest BCUT2D eigenvalue weighted by molar-refractivity contribution is 6.31. The fourth-order valence-corrected chi connectivity index (χ4v) is 6.54. The smallest absolute Gasteiger partial charge is 0.319 e. The molecule has 6 nitrogen and oxygen atoms in total. The van der Waals surface area contributed by atoms with Crippen molar-refractivity contribution >= 4 is 51.4 Å². The highest BCUT2D eigenvalue weighted by Gasteiger charge is 2.60. The number of fused-ring (bicyclic) bond motifs is 7. The van der Waals surface area contributed by atoms with Gasteiger partial charge in [-0.25, -0.2) is 4.90 Å². The van der Waals surface area contributed by atoms with Crippen molar-refractivity contribution in [3.05, 3.63) is 107 Å². The molecule has 4 atom stereocenters. The summed E-state index contributed by atoms with van der Waals surface area (Å²) in [6, 6.07) is 25.7. The van der Waals surface area contributed by atoms with Crippen LogP contribution in [0.15, 0.2) is 91.0 Å². The van der Waals surface area contributed by atoms with E-state index in [9.17, 15) is 14.4 Å². The quantitative estimate of drug-likeness (QED) is 0.182. The van der Waals surface area contributed by atoms with E-state index < -0.39 is 35.5 Å². The van der Waals surface area contributed by atoms with Crippen LogP contribution >= 0.6 is 11.6 Å². The Morgan fingerprint density at radius 3 is 2.38 bits per heavy atom. The number of halogens is 1. The first-order valence-electron chi connectivity index (χ1n) is 12.7. The largest absolute Gasteiger partial charge is 0.497 e. The van der Waals surface area contributed by atoms with E-state index in [4.69, 9.17) is 21.1 Å². The van der Waals surface area contributed by atoms with Crippen molar-refractivity contribution in [1.82, 2.24) is 0 Å². The van der Waals surface area contributed by atoms with Gasteiger partial charge in [0.1, 0.15) is 11.5 Å². The van der Waals surface area contributed by atoms with E-state index in [1.54, 1.807) is 37.4 Å². The van der Waals surface area contributed by atoms with Gasteiger partial charge in [-0.15, -0.1) is 0 Å². The molecule has 1 aliphatic carbocycles. The Bertz CT molecular complexity index is 1730. The number of methoxy groups -OCH3 is 1. The molecule has 2 heterocycles. The molecule has 2 aliphatic heterocycles. The van der Waals surface area contributed by atoms with Crippen LogP contribution in [0.25, 0.3) is 16.3 Å². The van der Waals surface area contributed by atoms with Gasteiger partial charge in [-0.3, -0.25) is 14.4 Å². The molecule has 39 heavy (non-hydrogen) atoms. The van der Waals surface area contributed by atoms with Crippen LogP contribution < -0.4 is 14.4 Å². The molecule has 1 fully saturated rings. The molecule has 0 saturated carbocycles. The number of allylic oxidation sites excluding steroid dienone is 1. The van der Waals surface area contributed by atoms with Gasteiger partial charge < -0.3 is 9.47 Å². The summed E-state index contributed by atoms with van der Waals surface area (Å²) in [5.74, 6) is -3.26. The summed E-state index contributed by atoms with van der Waals surface area (Å²) >= 11 is 6.22. The summed E-state index contributed by atoms with van der Waals surface area (Å²) in [6.45, 7) is 0. The molecule has 0 aromatic heterocycles. The lowest BCUT2D eigenvalue weighted by Gasteiger charge is -2.38. The number of hydrogen-bond acceptors (Lipinski definition) is 5. The lowest BCUT2D eigenvalue weighted by Crippen LogP contribution is -2.42. The van der Waals surface area contributed by atoms with E-state index in [0.717, 1.165) is 21.9 Å². The number of imide groups is 1. The van der Waals surface area contributed by atoms with Crippen LogP contribution in [-0.2, 0) is 14.4 Å². The maximum atomic E-state index is 14.1. The SMILES string of the molecule is COc1ccc([C@@H]2C=C3c4c(ccc5ccccc45)OC(=O)[C@@H]3[C@H]3C(=O)N(c4cccc(Cl)c4)C(=O)[C@H]32)cc1. The molecule has 0 unspecified atom stereocenters. The number of anilines is 1. The Morgan fingerprint density at radius 2 is 1.62 bits per heavy atom. The van der Waals surface area contributed by atoms with Crippen LogP contribution in [0.5, 0.6) is 11.5 Å². The zero-order valence-corrected chi connectivity index (χ0v) is 21.6. The molecule has 0 spiro atoms. The van der Waals surface area contributed by atoms with E-state index in [2.05, 4.69) is 0 Å². The first kappa shape index (κ1) is 23.7. The van der Waals surface area contributed by atoms with Crippen LogP contribution in [0.4, 0.5) is 5.69 Å². The van der Waals surface area contributed by atoms with Gasteiger partial charge in [0.2, 0.25) is 11.8 Å². The standard InChI is InChI=1S/C32H22ClNO5/c1-38-21-12-9-18(10-13-21)23-16-24-26-22-8-3-2-5-17(22)11-14-25(26)39-32(37)28(24)29-27(23)30(35)34(31(29)36)20-7-4-6-19(33)15-20/h2-16,23,27-29H,1H3/t23-,27-,28-,29-/m0/s1. The average Bonchev–Trinajstić information content (AvgIpc) is 3.22. The topological polar surface area (TPSA) is 72.9 Å². The average molecular weight is 536 g/mol. The number of benzene rings is 4. The number of rotatable bonds is 3. The number of esters is 1. The second kappa shape index (κ2) is 8.82. The van der Waals surface area contributed by atoms with Gasteiger partial charge in [0.25, 0.3) is 0 Å². The summed E-state index contributed by atoms with van der Waals surface area (Å²) in [7, 11) is 1.59. The van der Waals surface area contributed by atoms with E-state index in [0.29, 0.717) is 27.8 Å². The molecule has 7 rings (SSSR count). The molecule has 1 saturated heterocycles. The zero-order valence-electron chi connectivity index (χ0n) is 20.8. The van der Waals surface area contributed by atoms with Crippen LogP contribution in [0.3, 0.4) is 0 Å². The summed E-state index contributed by atoms with van der Waals surface area (Å²) in [4.78, 5) is 42.9. The lowest BCUT2D eigenvalue weighted by molar-refractivity contribution is -0.142. The van der Waals surface area contributed by atoms with Crippen molar-refractivity contribution in [2.75, 3.05) is 12.0 Å². The lowest BCUT2D eigenvalue weighted by atomic mass is 9.64. The molecule has 0 N–H and O–H groups in total. The van der Waals surface area contributed by atoms with Gasteiger partial charge >= 0.3 is 5.97 Å². The molecular formula is C32H22ClNO5. The van der Waals surface area contributed by atoms with Crippen molar-refractivity contribution in [2.45, 2.75) is 5.92 Å². The molecule has 3 aliphatic rings. The van der Waals surface area contributed by atoms with Crippen molar-refractivity contribution in [1.29, 1.82) is 0 Å². The molecular weight excluding hydrogens is 514 g/mol. The number of carbonyl (C=O) groups is 3. The number of hydrogen-bond donors (Lipinski definition) is 0. The molecule has 7 heteroatoms. The minimum Gasteiger partial charge on any atom is -0.497 e. The minimum atomic E-state index is -0.928.